The first-order valence-electron chi connectivity index (χ1n) is 6.97. The van der Waals surface area contributed by atoms with E-state index in [4.69, 9.17) is 0 Å². The lowest BCUT2D eigenvalue weighted by molar-refractivity contribution is 0.470. The van der Waals surface area contributed by atoms with Crippen LogP contribution in [0.5, 0.6) is 5.75 Å². The highest BCUT2D eigenvalue weighted by molar-refractivity contribution is 7.18. The van der Waals surface area contributed by atoms with Crippen molar-refractivity contribution >= 4 is 27.2 Å². The Morgan fingerprint density at radius 1 is 1.14 bits per heavy atom. The summed E-state index contributed by atoms with van der Waals surface area (Å²) < 4.78 is 1.21. The largest absolute Gasteiger partial charge is 0.508 e. The van der Waals surface area contributed by atoms with Gasteiger partial charge in [-0.1, -0.05) is 12.1 Å². The Balaban J connectivity index is 1.89. The average molecular weight is 298 g/mol. The van der Waals surface area contributed by atoms with E-state index in [-0.39, 0.29) is 6.04 Å². The van der Waals surface area contributed by atoms with Crippen LogP contribution >= 0.6 is 11.3 Å². The molecule has 2 N–H and O–H groups in total. The van der Waals surface area contributed by atoms with Gasteiger partial charge in [0, 0.05) is 5.69 Å². The van der Waals surface area contributed by atoms with Gasteiger partial charge in [-0.15, -0.1) is 11.3 Å². The molecular formula is C17H18N2OS. The second-order valence-corrected chi connectivity index (χ2v) is 6.40. The predicted octanol–water partition coefficient (Wildman–Crippen LogP) is 4.79. The Morgan fingerprint density at radius 3 is 2.67 bits per heavy atom. The Bertz CT molecular complexity index is 762. The molecule has 1 unspecified atom stereocenters. The number of phenols is 1. The number of para-hydroxylation sites is 1. The summed E-state index contributed by atoms with van der Waals surface area (Å²) in [6.45, 7) is 6.01. The van der Waals surface area contributed by atoms with Crippen LogP contribution in [0.3, 0.4) is 0 Å². The second kappa shape index (κ2) is 5.37. The summed E-state index contributed by atoms with van der Waals surface area (Å²) in [5.41, 5.74) is 3.99. The molecule has 0 bridgehead atoms. The van der Waals surface area contributed by atoms with E-state index in [0.717, 1.165) is 27.3 Å². The fourth-order valence-corrected chi connectivity index (χ4v) is 3.30. The molecule has 0 aliphatic carbocycles. The molecule has 0 saturated heterocycles. The zero-order chi connectivity index (χ0) is 15.0. The molecule has 0 aliphatic heterocycles. The lowest BCUT2D eigenvalue weighted by Gasteiger charge is -2.16. The molecule has 0 fully saturated rings. The van der Waals surface area contributed by atoms with Gasteiger partial charge in [-0.25, -0.2) is 4.98 Å². The summed E-state index contributed by atoms with van der Waals surface area (Å²) in [6, 6.07) is 12.1. The molecule has 0 saturated carbocycles. The second-order valence-electron chi connectivity index (χ2n) is 5.34. The zero-order valence-electron chi connectivity index (χ0n) is 12.3. The summed E-state index contributed by atoms with van der Waals surface area (Å²) >= 11 is 1.71. The van der Waals surface area contributed by atoms with E-state index in [9.17, 15) is 5.11 Å². The minimum atomic E-state index is 0.130. The fraction of sp³-hybridized carbons (Fsp3) is 0.235. The Labute approximate surface area is 128 Å². The van der Waals surface area contributed by atoms with Gasteiger partial charge in [0.25, 0.3) is 0 Å². The number of nitrogens with zero attached hydrogens (tertiary/aromatic N) is 1. The maximum absolute atomic E-state index is 9.73. The number of anilines is 1. The monoisotopic (exact) mass is 298 g/mol. The molecule has 3 rings (SSSR count). The van der Waals surface area contributed by atoms with E-state index in [2.05, 4.69) is 23.3 Å². The van der Waals surface area contributed by atoms with Crippen molar-refractivity contribution in [3.8, 4) is 5.75 Å². The molecule has 0 aliphatic rings. The number of rotatable bonds is 3. The smallest absolute Gasteiger partial charge is 0.118 e. The number of aromatic hydroxyl groups is 1. The quantitative estimate of drug-likeness (QED) is 0.683. The molecule has 3 aromatic rings. The number of aromatic nitrogens is 1. The summed E-state index contributed by atoms with van der Waals surface area (Å²) in [6.07, 6.45) is 0. The van der Waals surface area contributed by atoms with Crippen molar-refractivity contribution in [3.05, 3.63) is 52.5 Å². The van der Waals surface area contributed by atoms with Gasteiger partial charge in [0.05, 0.1) is 16.3 Å². The number of aryl methyl sites for hydroxylation is 2. The third kappa shape index (κ3) is 2.72. The first-order valence-corrected chi connectivity index (χ1v) is 7.78. The van der Waals surface area contributed by atoms with Gasteiger partial charge in [-0.05, 0) is 56.2 Å². The Hall–Kier alpha value is -2.07. The van der Waals surface area contributed by atoms with E-state index < -0.39 is 0 Å². The van der Waals surface area contributed by atoms with Crippen LogP contribution < -0.4 is 5.32 Å². The van der Waals surface area contributed by atoms with Crippen molar-refractivity contribution < 1.29 is 5.11 Å². The predicted molar refractivity (Wildman–Crippen MR) is 89.2 cm³/mol. The third-order valence-electron chi connectivity index (χ3n) is 3.60. The summed E-state index contributed by atoms with van der Waals surface area (Å²) in [5, 5.41) is 14.3. The Morgan fingerprint density at radius 2 is 1.90 bits per heavy atom. The summed E-state index contributed by atoms with van der Waals surface area (Å²) in [5.74, 6) is 0.339. The number of hydrogen-bond acceptors (Lipinski definition) is 4. The maximum atomic E-state index is 9.73. The Kier molecular flexibility index (Phi) is 3.55. The van der Waals surface area contributed by atoms with Crippen LogP contribution in [0.15, 0.2) is 36.4 Å². The lowest BCUT2D eigenvalue weighted by atomic mass is 10.1. The molecule has 21 heavy (non-hydrogen) atoms. The minimum absolute atomic E-state index is 0.130. The van der Waals surface area contributed by atoms with E-state index >= 15 is 0 Å². The van der Waals surface area contributed by atoms with Crippen molar-refractivity contribution in [3.63, 3.8) is 0 Å². The van der Waals surface area contributed by atoms with E-state index in [0.29, 0.717) is 5.75 Å². The van der Waals surface area contributed by atoms with E-state index in [1.54, 1.807) is 17.4 Å². The van der Waals surface area contributed by atoms with Crippen LogP contribution in [0.2, 0.25) is 0 Å². The highest BCUT2D eigenvalue weighted by Gasteiger charge is 2.13. The average Bonchev–Trinajstić information content (AvgIpc) is 2.88. The van der Waals surface area contributed by atoms with Crippen LogP contribution in [-0.2, 0) is 0 Å². The zero-order valence-corrected chi connectivity index (χ0v) is 13.2. The van der Waals surface area contributed by atoms with Crippen molar-refractivity contribution in [1.82, 2.24) is 4.98 Å². The standard InChI is InChI=1S/C17H18N2OS/c1-10-9-15(20)11(2)8-14(10)18-12(3)17-19-13-6-4-5-7-16(13)21-17/h4-9,12,18,20H,1-3H3. The van der Waals surface area contributed by atoms with Crippen LogP contribution in [0.1, 0.15) is 29.1 Å². The normalized spacial score (nSPS) is 12.5. The molecular weight excluding hydrogens is 280 g/mol. The summed E-state index contributed by atoms with van der Waals surface area (Å²) in [4.78, 5) is 4.69. The van der Waals surface area contributed by atoms with Gasteiger partial charge >= 0.3 is 0 Å². The number of fused-ring (bicyclic) bond motifs is 1. The number of phenolic OH excluding ortho intramolecular Hbond substituents is 1. The number of thiazole rings is 1. The van der Waals surface area contributed by atoms with E-state index in [1.807, 2.05) is 38.1 Å². The van der Waals surface area contributed by atoms with Gasteiger partial charge in [0.2, 0.25) is 0 Å². The highest BCUT2D eigenvalue weighted by Crippen LogP contribution is 2.31. The number of hydrogen-bond donors (Lipinski definition) is 2. The topological polar surface area (TPSA) is 45.2 Å². The molecule has 108 valence electrons. The van der Waals surface area contributed by atoms with Gasteiger partial charge in [0.15, 0.2) is 0 Å². The van der Waals surface area contributed by atoms with Crippen molar-refractivity contribution in [2.45, 2.75) is 26.8 Å². The molecule has 0 spiro atoms. The SMILES string of the molecule is Cc1cc(NC(C)c2nc3ccccc3s2)c(C)cc1O. The maximum Gasteiger partial charge on any atom is 0.118 e. The van der Waals surface area contributed by atoms with Crippen molar-refractivity contribution in [2.24, 2.45) is 0 Å². The minimum Gasteiger partial charge on any atom is -0.508 e. The van der Waals surface area contributed by atoms with Crippen molar-refractivity contribution in [2.75, 3.05) is 5.32 Å². The summed E-state index contributed by atoms with van der Waals surface area (Å²) in [7, 11) is 0. The molecule has 0 amide bonds. The van der Waals surface area contributed by atoms with Gasteiger partial charge in [0.1, 0.15) is 10.8 Å². The van der Waals surface area contributed by atoms with Crippen LogP contribution in [-0.4, -0.2) is 10.1 Å². The number of nitrogens with one attached hydrogen (secondary N) is 1. The third-order valence-corrected chi connectivity index (χ3v) is 4.81. The van der Waals surface area contributed by atoms with Crippen LogP contribution in [0.25, 0.3) is 10.2 Å². The molecule has 1 aromatic heterocycles. The van der Waals surface area contributed by atoms with Gasteiger partial charge in [-0.2, -0.15) is 0 Å². The lowest BCUT2D eigenvalue weighted by Crippen LogP contribution is -2.07. The molecule has 1 atom stereocenters. The van der Waals surface area contributed by atoms with Crippen LogP contribution in [0, 0.1) is 13.8 Å². The molecule has 0 radical (unpaired) electrons. The van der Waals surface area contributed by atoms with Crippen molar-refractivity contribution in [1.29, 1.82) is 0 Å². The van der Waals surface area contributed by atoms with Gasteiger partial charge in [-0.3, -0.25) is 0 Å². The van der Waals surface area contributed by atoms with E-state index in [1.165, 1.54) is 4.70 Å². The molecule has 2 aromatic carbocycles. The molecule has 1 heterocycles. The molecule has 3 nitrogen and oxygen atoms in total. The number of benzene rings is 2. The van der Waals surface area contributed by atoms with Crippen LogP contribution in [0.4, 0.5) is 5.69 Å². The fourth-order valence-electron chi connectivity index (χ4n) is 2.33. The molecule has 4 heteroatoms. The van der Waals surface area contributed by atoms with Gasteiger partial charge < -0.3 is 10.4 Å². The first kappa shape index (κ1) is 13.9. The first-order chi connectivity index (χ1) is 10.0. The highest BCUT2D eigenvalue weighted by atomic mass is 32.1.